The highest BCUT2D eigenvalue weighted by Gasteiger charge is 2.37. The van der Waals surface area contributed by atoms with Crippen LogP contribution in [0, 0.1) is 12.7 Å². The molecule has 0 saturated carbocycles. The summed E-state index contributed by atoms with van der Waals surface area (Å²) in [6, 6.07) is 5.01. The SMILES string of the molecule is CCNC(c1cc(F)ccc1C)C(CC)(CC)OCC. The molecule has 0 bridgehead atoms. The van der Waals surface area contributed by atoms with Crippen molar-refractivity contribution in [3.63, 3.8) is 0 Å². The van der Waals surface area contributed by atoms with Gasteiger partial charge in [0, 0.05) is 6.61 Å². The summed E-state index contributed by atoms with van der Waals surface area (Å²) in [4.78, 5) is 0. The van der Waals surface area contributed by atoms with Gasteiger partial charge in [-0.1, -0.05) is 26.8 Å². The van der Waals surface area contributed by atoms with Gasteiger partial charge in [-0.05, 0) is 56.5 Å². The summed E-state index contributed by atoms with van der Waals surface area (Å²) in [6.45, 7) is 11.9. The smallest absolute Gasteiger partial charge is 0.123 e. The monoisotopic (exact) mass is 281 g/mol. The minimum atomic E-state index is -0.288. The van der Waals surface area contributed by atoms with E-state index in [2.05, 4.69) is 26.1 Å². The maximum atomic E-state index is 13.7. The van der Waals surface area contributed by atoms with Crippen LogP contribution in [-0.2, 0) is 4.74 Å². The summed E-state index contributed by atoms with van der Waals surface area (Å²) in [5.41, 5.74) is 1.82. The highest BCUT2D eigenvalue weighted by atomic mass is 19.1. The minimum Gasteiger partial charge on any atom is -0.373 e. The first-order chi connectivity index (χ1) is 9.54. The number of nitrogens with one attached hydrogen (secondary N) is 1. The van der Waals surface area contributed by atoms with E-state index in [1.165, 1.54) is 6.07 Å². The number of halogens is 1. The van der Waals surface area contributed by atoms with Gasteiger partial charge in [-0.2, -0.15) is 0 Å². The largest absolute Gasteiger partial charge is 0.373 e. The molecule has 20 heavy (non-hydrogen) atoms. The summed E-state index contributed by atoms with van der Waals surface area (Å²) in [6.07, 6.45) is 1.79. The number of rotatable bonds is 8. The van der Waals surface area contributed by atoms with Crippen LogP contribution >= 0.6 is 0 Å². The maximum Gasteiger partial charge on any atom is 0.123 e. The van der Waals surface area contributed by atoms with Gasteiger partial charge in [-0.15, -0.1) is 0 Å². The molecule has 2 nitrogen and oxygen atoms in total. The highest BCUT2D eigenvalue weighted by molar-refractivity contribution is 5.32. The molecule has 1 rings (SSSR count). The van der Waals surface area contributed by atoms with Crippen molar-refractivity contribution in [2.24, 2.45) is 0 Å². The first-order valence-corrected chi connectivity index (χ1v) is 7.67. The second-order valence-corrected chi connectivity index (χ2v) is 5.20. The molecule has 1 aromatic rings. The number of aryl methyl sites for hydroxylation is 1. The molecule has 0 fully saturated rings. The topological polar surface area (TPSA) is 21.3 Å². The second-order valence-electron chi connectivity index (χ2n) is 5.20. The van der Waals surface area contributed by atoms with Gasteiger partial charge in [0.15, 0.2) is 0 Å². The van der Waals surface area contributed by atoms with Gasteiger partial charge in [0.25, 0.3) is 0 Å². The van der Waals surface area contributed by atoms with E-state index in [4.69, 9.17) is 4.74 Å². The molecule has 0 heterocycles. The molecule has 0 saturated heterocycles. The lowest BCUT2D eigenvalue weighted by Crippen LogP contribution is -2.46. The fraction of sp³-hybridized carbons (Fsp3) is 0.647. The fourth-order valence-corrected chi connectivity index (χ4v) is 2.94. The lowest BCUT2D eigenvalue weighted by Gasteiger charge is -2.40. The zero-order valence-electron chi connectivity index (χ0n) is 13.4. The average Bonchev–Trinajstić information content (AvgIpc) is 2.45. The summed E-state index contributed by atoms with van der Waals surface area (Å²) >= 11 is 0. The van der Waals surface area contributed by atoms with Gasteiger partial charge in [-0.25, -0.2) is 4.39 Å². The Morgan fingerprint density at radius 3 is 2.35 bits per heavy atom. The predicted octanol–water partition coefficient (Wildman–Crippen LogP) is 4.38. The van der Waals surface area contributed by atoms with Crippen molar-refractivity contribution in [2.45, 2.75) is 59.1 Å². The number of likely N-dealkylation sites (N-methyl/N-ethyl adjacent to an activating group) is 1. The molecule has 0 aromatic heterocycles. The van der Waals surface area contributed by atoms with Gasteiger partial charge in [0.05, 0.1) is 11.6 Å². The molecule has 1 aromatic carbocycles. The molecule has 0 aliphatic rings. The molecule has 0 aliphatic carbocycles. The van der Waals surface area contributed by atoms with Gasteiger partial charge in [0.1, 0.15) is 5.82 Å². The van der Waals surface area contributed by atoms with Crippen molar-refractivity contribution < 1.29 is 9.13 Å². The molecule has 114 valence electrons. The van der Waals surface area contributed by atoms with Gasteiger partial charge in [0.2, 0.25) is 0 Å². The van der Waals surface area contributed by atoms with Crippen molar-refractivity contribution in [1.82, 2.24) is 5.32 Å². The Balaban J connectivity index is 3.29. The normalized spacial score (nSPS) is 13.5. The number of hydrogen-bond donors (Lipinski definition) is 1. The quantitative estimate of drug-likeness (QED) is 0.763. The van der Waals surface area contributed by atoms with Crippen LogP contribution in [-0.4, -0.2) is 18.8 Å². The molecular formula is C17H28FNO. The Kier molecular flexibility index (Phi) is 6.63. The third-order valence-electron chi connectivity index (χ3n) is 4.12. The minimum absolute atomic E-state index is 0.0122. The third-order valence-corrected chi connectivity index (χ3v) is 4.12. The highest BCUT2D eigenvalue weighted by Crippen LogP contribution is 2.37. The predicted molar refractivity (Wildman–Crippen MR) is 82.5 cm³/mol. The average molecular weight is 281 g/mol. The van der Waals surface area contributed by atoms with Crippen LogP contribution in [0.25, 0.3) is 0 Å². The molecule has 0 aliphatic heterocycles. The number of benzene rings is 1. The lowest BCUT2D eigenvalue weighted by molar-refractivity contribution is -0.0731. The van der Waals surface area contributed by atoms with Crippen LogP contribution in [0.15, 0.2) is 18.2 Å². The van der Waals surface area contributed by atoms with E-state index >= 15 is 0 Å². The number of hydrogen-bond acceptors (Lipinski definition) is 2. The van der Waals surface area contributed by atoms with Crippen LogP contribution in [0.4, 0.5) is 4.39 Å². The molecule has 1 atom stereocenters. The van der Waals surface area contributed by atoms with Crippen molar-refractivity contribution >= 4 is 0 Å². The number of ether oxygens (including phenoxy) is 1. The molecule has 0 amide bonds. The van der Waals surface area contributed by atoms with E-state index in [0.29, 0.717) is 6.61 Å². The van der Waals surface area contributed by atoms with E-state index in [1.807, 2.05) is 19.9 Å². The van der Waals surface area contributed by atoms with Crippen LogP contribution in [0.1, 0.15) is 57.7 Å². The van der Waals surface area contributed by atoms with Crippen molar-refractivity contribution in [3.8, 4) is 0 Å². The third kappa shape index (κ3) is 3.58. The Hall–Kier alpha value is -0.930. The maximum absolute atomic E-state index is 13.7. The van der Waals surface area contributed by atoms with E-state index in [0.717, 1.165) is 30.5 Å². The molecule has 0 spiro atoms. The summed E-state index contributed by atoms with van der Waals surface area (Å²) in [5.74, 6) is -0.189. The van der Waals surface area contributed by atoms with E-state index in [1.54, 1.807) is 6.07 Å². The zero-order chi connectivity index (χ0) is 15.2. The van der Waals surface area contributed by atoms with Crippen molar-refractivity contribution in [1.29, 1.82) is 0 Å². The Morgan fingerprint density at radius 1 is 1.20 bits per heavy atom. The fourth-order valence-electron chi connectivity index (χ4n) is 2.94. The first-order valence-electron chi connectivity index (χ1n) is 7.67. The molecule has 1 unspecified atom stereocenters. The van der Waals surface area contributed by atoms with E-state index in [9.17, 15) is 4.39 Å². The van der Waals surface area contributed by atoms with Crippen LogP contribution in [0.5, 0.6) is 0 Å². The summed E-state index contributed by atoms with van der Waals surface area (Å²) in [7, 11) is 0. The zero-order valence-corrected chi connectivity index (χ0v) is 13.4. The van der Waals surface area contributed by atoms with Gasteiger partial charge < -0.3 is 10.1 Å². The lowest BCUT2D eigenvalue weighted by atomic mass is 9.82. The molecule has 3 heteroatoms. The van der Waals surface area contributed by atoms with Gasteiger partial charge >= 0.3 is 0 Å². The molecular weight excluding hydrogens is 253 g/mol. The summed E-state index contributed by atoms with van der Waals surface area (Å²) in [5, 5.41) is 3.50. The van der Waals surface area contributed by atoms with Crippen molar-refractivity contribution in [3.05, 3.63) is 35.1 Å². The van der Waals surface area contributed by atoms with Crippen LogP contribution in [0.3, 0.4) is 0 Å². The Labute approximate surface area is 122 Å². The first kappa shape index (κ1) is 17.1. The Bertz CT molecular complexity index is 415. The Morgan fingerprint density at radius 2 is 1.85 bits per heavy atom. The van der Waals surface area contributed by atoms with Gasteiger partial charge in [-0.3, -0.25) is 0 Å². The van der Waals surface area contributed by atoms with Crippen LogP contribution in [0.2, 0.25) is 0 Å². The van der Waals surface area contributed by atoms with E-state index in [-0.39, 0.29) is 17.5 Å². The summed E-state index contributed by atoms with van der Waals surface area (Å²) < 4.78 is 19.8. The molecule has 0 radical (unpaired) electrons. The van der Waals surface area contributed by atoms with Crippen molar-refractivity contribution in [2.75, 3.05) is 13.2 Å². The van der Waals surface area contributed by atoms with Crippen LogP contribution < -0.4 is 5.32 Å². The van der Waals surface area contributed by atoms with E-state index < -0.39 is 0 Å². The standard InChI is InChI=1S/C17H28FNO/c1-6-17(7-2,20-9-4)16(19-8-3)15-12-14(18)11-10-13(15)5/h10-12,16,19H,6-9H2,1-5H3. The second kappa shape index (κ2) is 7.75. The molecule has 1 N–H and O–H groups in total.